The topological polar surface area (TPSA) is 58.4 Å². The van der Waals surface area contributed by atoms with Crippen molar-refractivity contribution in [3.63, 3.8) is 0 Å². The Bertz CT molecular complexity index is 410. The molecule has 3 N–H and O–H groups in total. The number of carbonyl (C=O) groups is 1. The van der Waals surface area contributed by atoms with E-state index >= 15 is 0 Å². The van der Waals surface area contributed by atoms with Gasteiger partial charge in [-0.2, -0.15) is 0 Å². The second-order valence-corrected chi connectivity index (χ2v) is 5.10. The fourth-order valence-electron chi connectivity index (χ4n) is 2.04. The minimum absolute atomic E-state index is 0.0962. The average molecular weight is 263 g/mol. The van der Waals surface area contributed by atoms with Gasteiger partial charge in [-0.3, -0.25) is 0 Å². The van der Waals surface area contributed by atoms with Gasteiger partial charge in [0.15, 0.2) is 0 Å². The molecule has 0 saturated heterocycles. The maximum Gasteiger partial charge on any atom is 0.322 e. The quantitative estimate of drug-likeness (QED) is 0.858. The number of urea groups is 1. The summed E-state index contributed by atoms with van der Waals surface area (Å²) in [6.07, 6.45) is 0.832. The monoisotopic (exact) mass is 263 g/mol. The van der Waals surface area contributed by atoms with Crippen LogP contribution in [0.2, 0.25) is 0 Å². The van der Waals surface area contributed by atoms with Crippen molar-refractivity contribution >= 4 is 11.7 Å². The number of hydrogen-bond acceptors (Lipinski definition) is 2. The van der Waals surface area contributed by atoms with Crippen LogP contribution in [0, 0.1) is 6.92 Å². The van der Waals surface area contributed by atoms with Gasteiger partial charge in [-0.1, -0.05) is 24.6 Å². The van der Waals surface area contributed by atoms with Crippen LogP contribution in [0.15, 0.2) is 24.3 Å². The van der Waals surface area contributed by atoms with Crippen molar-refractivity contribution in [2.45, 2.75) is 39.7 Å². The summed E-state index contributed by atoms with van der Waals surface area (Å²) in [6, 6.07) is 7.68. The predicted octanol–water partition coefficient (Wildman–Crippen LogP) is 2.98. The van der Waals surface area contributed by atoms with E-state index in [1.54, 1.807) is 4.90 Å². The van der Waals surface area contributed by atoms with Gasteiger partial charge in [0.05, 0.1) is 5.54 Å². The normalized spacial score (nSPS) is 13.7. The molecular formula is C15H25N3O. The largest absolute Gasteiger partial charge is 0.328 e. The van der Waals surface area contributed by atoms with Crippen LogP contribution >= 0.6 is 0 Å². The fraction of sp³-hybridized carbons (Fsp3) is 0.533. The van der Waals surface area contributed by atoms with Crippen molar-refractivity contribution in [3.8, 4) is 0 Å². The van der Waals surface area contributed by atoms with Gasteiger partial charge < -0.3 is 16.0 Å². The molecule has 0 aliphatic carbocycles. The maximum atomic E-state index is 12.4. The standard InChI is InChI=1S/C15H25N3O/c1-5-15(4,11-16)18(6-2)14(19)17-13-9-7-12(3)8-10-13/h7-10H,5-6,11,16H2,1-4H3,(H,17,19). The SMILES string of the molecule is CCN(C(=O)Nc1ccc(C)cc1)C(C)(CC)CN. The first-order valence-electron chi connectivity index (χ1n) is 6.82. The van der Waals surface area contributed by atoms with Gasteiger partial charge in [-0.05, 0) is 39.3 Å². The van der Waals surface area contributed by atoms with Crippen LogP contribution in [0.3, 0.4) is 0 Å². The van der Waals surface area contributed by atoms with E-state index in [2.05, 4.69) is 12.2 Å². The molecule has 1 atom stereocenters. The first kappa shape index (κ1) is 15.5. The van der Waals surface area contributed by atoms with E-state index in [4.69, 9.17) is 5.73 Å². The van der Waals surface area contributed by atoms with Crippen molar-refractivity contribution in [1.82, 2.24) is 4.90 Å². The zero-order valence-electron chi connectivity index (χ0n) is 12.4. The van der Waals surface area contributed by atoms with Gasteiger partial charge in [0.1, 0.15) is 0 Å². The van der Waals surface area contributed by atoms with Crippen LogP contribution < -0.4 is 11.1 Å². The number of nitrogens with two attached hydrogens (primary N) is 1. The van der Waals surface area contributed by atoms with Gasteiger partial charge in [-0.25, -0.2) is 4.79 Å². The Hall–Kier alpha value is -1.55. The Labute approximate surface area is 116 Å². The predicted molar refractivity (Wildman–Crippen MR) is 80.3 cm³/mol. The second kappa shape index (κ2) is 6.57. The van der Waals surface area contributed by atoms with Gasteiger partial charge >= 0.3 is 6.03 Å². The highest BCUT2D eigenvalue weighted by molar-refractivity contribution is 5.89. The van der Waals surface area contributed by atoms with Crippen LogP contribution in [0.25, 0.3) is 0 Å². The summed E-state index contributed by atoms with van der Waals surface area (Å²) in [5, 5.41) is 2.93. The lowest BCUT2D eigenvalue weighted by molar-refractivity contribution is 0.140. The molecule has 0 spiro atoms. The smallest absolute Gasteiger partial charge is 0.322 e. The molecular weight excluding hydrogens is 238 g/mol. The first-order chi connectivity index (χ1) is 8.96. The minimum Gasteiger partial charge on any atom is -0.328 e. The molecule has 0 aromatic heterocycles. The van der Waals surface area contributed by atoms with Crippen molar-refractivity contribution in [1.29, 1.82) is 0 Å². The molecule has 1 unspecified atom stereocenters. The lowest BCUT2D eigenvalue weighted by atomic mass is 9.97. The molecule has 2 amide bonds. The molecule has 106 valence electrons. The van der Waals surface area contributed by atoms with Crippen molar-refractivity contribution < 1.29 is 4.79 Å². The zero-order chi connectivity index (χ0) is 14.5. The Morgan fingerprint density at radius 2 is 1.89 bits per heavy atom. The van der Waals surface area contributed by atoms with E-state index in [1.807, 2.05) is 45.0 Å². The molecule has 0 fully saturated rings. The molecule has 1 rings (SSSR count). The van der Waals surface area contributed by atoms with Gasteiger partial charge in [0, 0.05) is 18.8 Å². The molecule has 0 heterocycles. The lowest BCUT2D eigenvalue weighted by Gasteiger charge is -2.39. The summed E-state index contributed by atoms with van der Waals surface area (Å²) in [6.45, 7) is 9.16. The summed E-state index contributed by atoms with van der Waals surface area (Å²) in [7, 11) is 0. The number of nitrogens with one attached hydrogen (secondary N) is 1. The van der Waals surface area contributed by atoms with Gasteiger partial charge in [0.25, 0.3) is 0 Å². The van der Waals surface area contributed by atoms with E-state index in [1.165, 1.54) is 5.56 Å². The van der Waals surface area contributed by atoms with Crippen molar-refractivity contribution in [3.05, 3.63) is 29.8 Å². The molecule has 1 aromatic carbocycles. The van der Waals surface area contributed by atoms with Crippen LogP contribution in [0.1, 0.15) is 32.8 Å². The molecule has 4 nitrogen and oxygen atoms in total. The highest BCUT2D eigenvalue weighted by Gasteiger charge is 2.31. The van der Waals surface area contributed by atoms with Crippen LogP contribution in [-0.4, -0.2) is 29.6 Å². The first-order valence-corrected chi connectivity index (χ1v) is 6.82. The summed E-state index contributed by atoms with van der Waals surface area (Å²) >= 11 is 0. The zero-order valence-corrected chi connectivity index (χ0v) is 12.4. The highest BCUT2D eigenvalue weighted by atomic mass is 16.2. The third-order valence-electron chi connectivity index (χ3n) is 3.72. The molecule has 19 heavy (non-hydrogen) atoms. The van der Waals surface area contributed by atoms with Crippen molar-refractivity contribution in [2.75, 3.05) is 18.4 Å². The minimum atomic E-state index is -0.302. The number of rotatable bonds is 5. The Morgan fingerprint density at radius 1 is 1.32 bits per heavy atom. The molecule has 4 heteroatoms. The number of hydrogen-bond donors (Lipinski definition) is 2. The number of amides is 2. The number of benzene rings is 1. The Kier molecular flexibility index (Phi) is 5.36. The number of carbonyl (C=O) groups excluding carboxylic acids is 1. The fourth-order valence-corrected chi connectivity index (χ4v) is 2.04. The maximum absolute atomic E-state index is 12.4. The van der Waals surface area contributed by atoms with Crippen molar-refractivity contribution in [2.24, 2.45) is 5.73 Å². The van der Waals surface area contributed by atoms with Gasteiger partial charge in [-0.15, -0.1) is 0 Å². The van der Waals surface area contributed by atoms with E-state index in [0.29, 0.717) is 13.1 Å². The second-order valence-electron chi connectivity index (χ2n) is 5.10. The Balaban J connectivity index is 2.82. The van der Waals surface area contributed by atoms with Gasteiger partial charge in [0.2, 0.25) is 0 Å². The summed E-state index contributed by atoms with van der Waals surface area (Å²) in [4.78, 5) is 14.2. The molecule has 0 aliphatic rings. The summed E-state index contributed by atoms with van der Waals surface area (Å²) < 4.78 is 0. The van der Waals surface area contributed by atoms with E-state index < -0.39 is 0 Å². The number of aryl methyl sites for hydroxylation is 1. The Morgan fingerprint density at radius 3 is 2.32 bits per heavy atom. The van der Waals surface area contributed by atoms with Crippen LogP contribution in [0.5, 0.6) is 0 Å². The third kappa shape index (κ3) is 3.70. The molecule has 0 bridgehead atoms. The average Bonchev–Trinajstić information content (AvgIpc) is 2.41. The van der Waals surface area contributed by atoms with Crippen LogP contribution in [-0.2, 0) is 0 Å². The van der Waals surface area contributed by atoms with E-state index in [-0.39, 0.29) is 11.6 Å². The van der Waals surface area contributed by atoms with E-state index in [0.717, 1.165) is 12.1 Å². The lowest BCUT2D eigenvalue weighted by Crippen LogP contribution is -2.55. The molecule has 0 radical (unpaired) electrons. The number of anilines is 1. The molecule has 0 saturated carbocycles. The highest BCUT2D eigenvalue weighted by Crippen LogP contribution is 2.19. The number of nitrogens with zero attached hydrogens (tertiary/aromatic N) is 1. The van der Waals surface area contributed by atoms with E-state index in [9.17, 15) is 4.79 Å². The molecule has 1 aromatic rings. The summed E-state index contributed by atoms with van der Waals surface area (Å²) in [5.74, 6) is 0. The summed E-state index contributed by atoms with van der Waals surface area (Å²) in [5.41, 5.74) is 7.50. The third-order valence-corrected chi connectivity index (χ3v) is 3.72. The number of likely N-dealkylation sites (N-methyl/N-ethyl adjacent to an activating group) is 1. The van der Waals surface area contributed by atoms with Crippen LogP contribution in [0.4, 0.5) is 10.5 Å². The molecule has 0 aliphatic heterocycles.